The third kappa shape index (κ3) is 8.33. The van der Waals surface area contributed by atoms with E-state index in [9.17, 15) is 9.59 Å². The lowest BCUT2D eigenvalue weighted by atomic mass is 10.1. The lowest BCUT2D eigenvalue weighted by molar-refractivity contribution is -0.141. The summed E-state index contributed by atoms with van der Waals surface area (Å²) >= 11 is 1.64. The molecule has 0 fully saturated rings. The first-order valence-corrected chi connectivity index (χ1v) is 12.4. The second-order valence-electron chi connectivity index (χ2n) is 8.69. The molecule has 0 spiro atoms. The Hall–Kier alpha value is -2.58. The number of benzene rings is 1. The summed E-state index contributed by atoms with van der Waals surface area (Å²) in [4.78, 5) is 30.8. The van der Waals surface area contributed by atoms with Crippen LogP contribution in [0.25, 0.3) is 0 Å². The van der Waals surface area contributed by atoms with Gasteiger partial charge in [-0.1, -0.05) is 19.9 Å². The zero-order valence-electron chi connectivity index (χ0n) is 21.3. The van der Waals surface area contributed by atoms with Gasteiger partial charge in [0.15, 0.2) is 11.5 Å². The minimum Gasteiger partial charge on any atom is -0.493 e. The van der Waals surface area contributed by atoms with Gasteiger partial charge in [-0.2, -0.15) is 0 Å². The molecule has 7 nitrogen and oxygen atoms in total. The smallest absolute Gasteiger partial charge is 0.242 e. The number of rotatable bonds is 14. The van der Waals surface area contributed by atoms with Crippen molar-refractivity contribution in [2.45, 2.75) is 40.2 Å². The lowest BCUT2D eigenvalue weighted by Gasteiger charge is -2.28. The van der Waals surface area contributed by atoms with E-state index in [1.54, 1.807) is 37.6 Å². The van der Waals surface area contributed by atoms with E-state index < -0.39 is 0 Å². The maximum atomic E-state index is 13.4. The molecule has 1 heterocycles. The standard InChI is InChI=1S/C26H38N2O5S/c1-19(2)15-25(29)28(12-13-31-4)18-26(30)27(17-24-20(3)10-14-34-24)11-9-21-7-8-22(32-5)23(16-21)33-6/h7-8,10,14,16,19H,9,11-13,15,17-18H2,1-6H3. The topological polar surface area (TPSA) is 68.3 Å². The number of amides is 2. The van der Waals surface area contributed by atoms with E-state index in [1.807, 2.05) is 42.3 Å². The van der Waals surface area contributed by atoms with Gasteiger partial charge in [-0.3, -0.25) is 9.59 Å². The Kier molecular flexibility index (Phi) is 11.4. The van der Waals surface area contributed by atoms with E-state index in [-0.39, 0.29) is 24.3 Å². The first-order valence-electron chi connectivity index (χ1n) is 11.6. The molecule has 188 valence electrons. The molecular formula is C26H38N2O5S. The summed E-state index contributed by atoms with van der Waals surface area (Å²) in [6.07, 6.45) is 1.07. The Morgan fingerprint density at radius 1 is 0.971 bits per heavy atom. The van der Waals surface area contributed by atoms with E-state index in [4.69, 9.17) is 14.2 Å². The van der Waals surface area contributed by atoms with Crippen LogP contribution in [0.5, 0.6) is 11.5 Å². The molecular weight excluding hydrogens is 452 g/mol. The molecule has 8 heteroatoms. The number of methoxy groups -OCH3 is 3. The van der Waals surface area contributed by atoms with Gasteiger partial charge in [0.25, 0.3) is 0 Å². The van der Waals surface area contributed by atoms with Crippen molar-refractivity contribution in [3.63, 3.8) is 0 Å². The van der Waals surface area contributed by atoms with Gasteiger partial charge in [-0.25, -0.2) is 0 Å². The number of thiophene rings is 1. The monoisotopic (exact) mass is 490 g/mol. The molecule has 0 unspecified atom stereocenters. The Balaban J connectivity index is 2.18. The van der Waals surface area contributed by atoms with Crippen molar-refractivity contribution in [2.75, 3.05) is 47.6 Å². The molecule has 1 aromatic carbocycles. The van der Waals surface area contributed by atoms with Crippen LogP contribution in [0.15, 0.2) is 29.6 Å². The van der Waals surface area contributed by atoms with E-state index in [1.165, 1.54) is 5.56 Å². The third-order valence-electron chi connectivity index (χ3n) is 5.60. The number of hydrogen-bond donors (Lipinski definition) is 0. The Bertz CT molecular complexity index is 928. The molecule has 0 saturated heterocycles. The third-order valence-corrected chi connectivity index (χ3v) is 6.61. The molecule has 0 aliphatic carbocycles. The van der Waals surface area contributed by atoms with E-state index in [2.05, 4.69) is 13.0 Å². The number of aryl methyl sites for hydroxylation is 1. The van der Waals surface area contributed by atoms with Crippen molar-refractivity contribution < 1.29 is 23.8 Å². The average molecular weight is 491 g/mol. The SMILES string of the molecule is COCCN(CC(=O)N(CCc1ccc(OC)c(OC)c1)Cc1sccc1C)C(=O)CC(C)C. The van der Waals surface area contributed by atoms with Crippen molar-refractivity contribution in [1.29, 1.82) is 0 Å². The van der Waals surface area contributed by atoms with Crippen LogP contribution >= 0.6 is 11.3 Å². The number of carbonyl (C=O) groups excluding carboxylic acids is 2. The van der Waals surface area contributed by atoms with Gasteiger partial charge in [-0.15, -0.1) is 11.3 Å². The van der Waals surface area contributed by atoms with Crippen LogP contribution in [0.4, 0.5) is 0 Å². The van der Waals surface area contributed by atoms with Crippen LogP contribution in [-0.2, 0) is 27.3 Å². The van der Waals surface area contributed by atoms with E-state index >= 15 is 0 Å². The van der Waals surface area contributed by atoms with E-state index in [0.717, 1.165) is 10.4 Å². The highest BCUT2D eigenvalue weighted by Crippen LogP contribution is 2.28. The largest absolute Gasteiger partial charge is 0.493 e. The summed E-state index contributed by atoms with van der Waals surface area (Å²) in [5, 5.41) is 2.04. The molecule has 0 N–H and O–H groups in total. The Morgan fingerprint density at radius 2 is 1.71 bits per heavy atom. The van der Waals surface area contributed by atoms with Gasteiger partial charge in [0, 0.05) is 31.5 Å². The van der Waals surface area contributed by atoms with Crippen molar-refractivity contribution in [3.8, 4) is 11.5 Å². The predicted octanol–water partition coefficient (Wildman–Crippen LogP) is 4.17. The highest BCUT2D eigenvalue weighted by molar-refractivity contribution is 7.10. The molecule has 2 rings (SSSR count). The second-order valence-corrected chi connectivity index (χ2v) is 9.69. The molecule has 0 radical (unpaired) electrons. The van der Waals surface area contributed by atoms with Crippen LogP contribution in [0.3, 0.4) is 0 Å². The number of nitrogens with zero attached hydrogens (tertiary/aromatic N) is 2. The molecule has 2 amide bonds. The summed E-state index contributed by atoms with van der Waals surface area (Å²) in [5.41, 5.74) is 2.21. The zero-order valence-corrected chi connectivity index (χ0v) is 22.1. The molecule has 0 saturated carbocycles. The fourth-order valence-electron chi connectivity index (χ4n) is 3.57. The number of hydrogen-bond acceptors (Lipinski definition) is 6. The second kappa shape index (κ2) is 14.0. The van der Waals surface area contributed by atoms with Crippen molar-refractivity contribution in [3.05, 3.63) is 45.6 Å². The van der Waals surface area contributed by atoms with Gasteiger partial charge in [0.1, 0.15) is 0 Å². The highest BCUT2D eigenvalue weighted by Gasteiger charge is 2.23. The zero-order chi connectivity index (χ0) is 25.1. The predicted molar refractivity (Wildman–Crippen MR) is 136 cm³/mol. The quantitative estimate of drug-likeness (QED) is 0.398. The summed E-state index contributed by atoms with van der Waals surface area (Å²) in [6, 6.07) is 7.86. The van der Waals surface area contributed by atoms with Crippen LogP contribution in [0.1, 0.15) is 36.3 Å². The fraction of sp³-hybridized carbons (Fsp3) is 0.538. The minimum atomic E-state index is -0.0681. The molecule has 0 aliphatic heterocycles. The summed E-state index contributed by atoms with van der Waals surface area (Å²) in [5.74, 6) is 1.47. The van der Waals surface area contributed by atoms with Crippen molar-refractivity contribution in [2.24, 2.45) is 5.92 Å². The normalized spacial score (nSPS) is 10.9. The average Bonchev–Trinajstić information content (AvgIpc) is 3.22. The maximum absolute atomic E-state index is 13.4. The highest BCUT2D eigenvalue weighted by atomic mass is 32.1. The summed E-state index contributed by atoms with van der Waals surface area (Å²) < 4.78 is 15.9. The summed E-state index contributed by atoms with van der Waals surface area (Å²) in [6.45, 7) is 7.95. The van der Waals surface area contributed by atoms with Crippen LogP contribution in [0, 0.1) is 12.8 Å². The number of ether oxygens (including phenoxy) is 3. The lowest BCUT2D eigenvalue weighted by Crippen LogP contribution is -2.44. The van der Waals surface area contributed by atoms with E-state index in [0.29, 0.717) is 50.6 Å². The van der Waals surface area contributed by atoms with Crippen molar-refractivity contribution in [1.82, 2.24) is 9.80 Å². The first kappa shape index (κ1) is 27.7. The maximum Gasteiger partial charge on any atom is 0.242 e. The molecule has 1 aromatic heterocycles. The van der Waals surface area contributed by atoms with Crippen molar-refractivity contribution >= 4 is 23.2 Å². The van der Waals surface area contributed by atoms with Gasteiger partial charge in [0.05, 0.1) is 33.9 Å². The molecule has 2 aromatic rings. The van der Waals surface area contributed by atoms with Crippen LogP contribution in [-0.4, -0.2) is 69.2 Å². The van der Waals surface area contributed by atoms with Crippen LogP contribution < -0.4 is 9.47 Å². The molecule has 0 atom stereocenters. The van der Waals surface area contributed by atoms with Crippen LogP contribution in [0.2, 0.25) is 0 Å². The van der Waals surface area contributed by atoms with Gasteiger partial charge in [-0.05, 0) is 54.0 Å². The summed E-state index contributed by atoms with van der Waals surface area (Å²) in [7, 11) is 4.82. The Morgan fingerprint density at radius 3 is 2.29 bits per heavy atom. The molecule has 0 bridgehead atoms. The molecule has 34 heavy (non-hydrogen) atoms. The van der Waals surface area contributed by atoms with Gasteiger partial charge >= 0.3 is 0 Å². The fourth-order valence-corrected chi connectivity index (χ4v) is 4.49. The minimum absolute atomic E-state index is 0.0208. The number of carbonyl (C=O) groups is 2. The van der Waals surface area contributed by atoms with Gasteiger partial charge in [0.2, 0.25) is 11.8 Å². The van der Waals surface area contributed by atoms with Gasteiger partial charge < -0.3 is 24.0 Å². The Labute approximate surface area is 207 Å². The first-order chi connectivity index (χ1) is 16.3. The molecule has 0 aliphatic rings.